The van der Waals surface area contributed by atoms with Gasteiger partial charge in [0.25, 0.3) is 0 Å². The largest absolute Gasteiger partial charge is 0.493 e. The van der Waals surface area contributed by atoms with Crippen LogP contribution in [0.25, 0.3) is 0 Å². The van der Waals surface area contributed by atoms with Crippen LogP contribution in [0.4, 0.5) is 5.69 Å². The molecule has 0 aliphatic carbocycles. The monoisotopic (exact) mass is 327 g/mol. The summed E-state index contributed by atoms with van der Waals surface area (Å²) in [5, 5.41) is 3.84. The Kier molecular flexibility index (Phi) is 7.56. The highest BCUT2D eigenvalue weighted by atomic mass is 79.9. The molecule has 3 nitrogen and oxygen atoms in total. The van der Waals surface area contributed by atoms with Crippen molar-refractivity contribution < 1.29 is 9.53 Å². The predicted molar refractivity (Wildman–Crippen MR) is 83.0 cm³/mol. The van der Waals surface area contributed by atoms with E-state index in [4.69, 9.17) is 4.74 Å². The summed E-state index contributed by atoms with van der Waals surface area (Å²) in [6.07, 6.45) is 2.48. The van der Waals surface area contributed by atoms with Gasteiger partial charge in [-0.1, -0.05) is 35.8 Å². The van der Waals surface area contributed by atoms with Gasteiger partial charge in [-0.15, -0.1) is 0 Å². The lowest BCUT2D eigenvalue weighted by atomic mass is 10.2. The number of carbonyl (C=O) groups is 1. The van der Waals surface area contributed by atoms with E-state index in [0.29, 0.717) is 18.9 Å². The fourth-order valence-corrected chi connectivity index (χ4v) is 1.93. The average Bonchev–Trinajstić information content (AvgIpc) is 2.37. The molecule has 1 amide bonds. The molecule has 0 radical (unpaired) electrons. The number of unbranched alkanes of at least 4 members (excludes halogenated alkanes) is 1. The van der Waals surface area contributed by atoms with Crippen LogP contribution in [0, 0.1) is 5.92 Å². The summed E-state index contributed by atoms with van der Waals surface area (Å²) >= 11 is 3.36. The molecular weight excluding hydrogens is 306 g/mol. The number of halogens is 1. The molecule has 0 fully saturated rings. The van der Waals surface area contributed by atoms with Crippen LogP contribution in [-0.4, -0.2) is 17.8 Å². The van der Waals surface area contributed by atoms with Crippen molar-refractivity contribution in [2.24, 2.45) is 5.92 Å². The molecule has 106 valence electrons. The van der Waals surface area contributed by atoms with Crippen LogP contribution in [0.1, 0.15) is 33.1 Å². The zero-order valence-corrected chi connectivity index (χ0v) is 13.2. The minimum absolute atomic E-state index is 0.0574. The van der Waals surface area contributed by atoms with E-state index in [1.165, 1.54) is 0 Å². The molecule has 0 aliphatic heterocycles. The second-order valence-electron chi connectivity index (χ2n) is 4.93. The number of carbonyl (C=O) groups excluding carboxylic acids is 1. The number of amides is 1. The van der Waals surface area contributed by atoms with Crippen molar-refractivity contribution >= 4 is 27.5 Å². The molecule has 19 heavy (non-hydrogen) atoms. The van der Waals surface area contributed by atoms with Gasteiger partial charge in [0.15, 0.2) is 0 Å². The molecule has 0 atom stereocenters. The van der Waals surface area contributed by atoms with Crippen LogP contribution >= 0.6 is 15.9 Å². The van der Waals surface area contributed by atoms with Crippen molar-refractivity contribution in [3.05, 3.63) is 24.3 Å². The van der Waals surface area contributed by atoms with Gasteiger partial charge in [-0.05, 0) is 30.9 Å². The van der Waals surface area contributed by atoms with Gasteiger partial charge in [-0.3, -0.25) is 4.79 Å². The highest BCUT2D eigenvalue weighted by molar-refractivity contribution is 9.09. The number of anilines is 1. The van der Waals surface area contributed by atoms with Crippen LogP contribution in [0.2, 0.25) is 0 Å². The zero-order chi connectivity index (χ0) is 14.1. The molecule has 0 unspecified atom stereocenters. The van der Waals surface area contributed by atoms with Gasteiger partial charge >= 0.3 is 0 Å². The molecule has 0 saturated heterocycles. The second kappa shape index (κ2) is 8.97. The Labute approximate surface area is 123 Å². The first-order chi connectivity index (χ1) is 9.11. The predicted octanol–water partition coefficient (Wildman–Crippen LogP) is 4.23. The van der Waals surface area contributed by atoms with Crippen molar-refractivity contribution in [3.8, 4) is 5.75 Å². The molecule has 0 heterocycles. The highest BCUT2D eigenvalue weighted by Gasteiger charge is 2.03. The lowest BCUT2D eigenvalue weighted by Crippen LogP contribution is -2.11. The normalized spacial score (nSPS) is 10.5. The number of ether oxygens (including phenoxy) is 1. The lowest BCUT2D eigenvalue weighted by molar-refractivity contribution is -0.116. The number of rotatable bonds is 8. The number of nitrogens with one attached hydrogen (secondary N) is 1. The summed E-state index contributed by atoms with van der Waals surface area (Å²) in [4.78, 5) is 11.7. The zero-order valence-electron chi connectivity index (χ0n) is 11.6. The minimum Gasteiger partial charge on any atom is -0.493 e. The smallest absolute Gasteiger partial charge is 0.224 e. The number of hydrogen-bond acceptors (Lipinski definition) is 2. The van der Waals surface area contributed by atoms with Gasteiger partial charge in [0.05, 0.1) is 6.61 Å². The number of hydrogen-bond donors (Lipinski definition) is 1. The van der Waals surface area contributed by atoms with Crippen LogP contribution in [0.15, 0.2) is 24.3 Å². The van der Waals surface area contributed by atoms with Crippen molar-refractivity contribution in [1.29, 1.82) is 0 Å². The third-order valence-electron chi connectivity index (χ3n) is 2.49. The molecule has 0 spiro atoms. The van der Waals surface area contributed by atoms with Gasteiger partial charge in [0.1, 0.15) is 5.75 Å². The van der Waals surface area contributed by atoms with Crippen molar-refractivity contribution in [2.75, 3.05) is 17.3 Å². The third-order valence-corrected chi connectivity index (χ3v) is 3.05. The molecule has 1 aromatic rings. The first kappa shape index (κ1) is 16.0. The maximum Gasteiger partial charge on any atom is 0.224 e. The molecule has 0 bridgehead atoms. The number of benzene rings is 1. The molecule has 4 heteroatoms. The van der Waals surface area contributed by atoms with Crippen molar-refractivity contribution in [2.45, 2.75) is 33.1 Å². The van der Waals surface area contributed by atoms with E-state index in [0.717, 1.165) is 29.6 Å². The molecular formula is C15H22BrNO2. The van der Waals surface area contributed by atoms with Crippen LogP contribution in [0.3, 0.4) is 0 Å². The molecule has 0 aromatic heterocycles. The van der Waals surface area contributed by atoms with E-state index in [1.54, 1.807) is 0 Å². The summed E-state index contributed by atoms with van der Waals surface area (Å²) in [7, 11) is 0. The van der Waals surface area contributed by atoms with E-state index in [2.05, 4.69) is 35.1 Å². The average molecular weight is 328 g/mol. The van der Waals surface area contributed by atoms with E-state index in [9.17, 15) is 4.79 Å². The van der Waals surface area contributed by atoms with Gasteiger partial charge < -0.3 is 10.1 Å². The quantitative estimate of drug-likeness (QED) is 0.573. The Bertz CT molecular complexity index is 393. The fourth-order valence-electron chi connectivity index (χ4n) is 1.53. The summed E-state index contributed by atoms with van der Waals surface area (Å²) in [5.41, 5.74) is 0.796. The van der Waals surface area contributed by atoms with Crippen LogP contribution in [-0.2, 0) is 4.79 Å². The van der Waals surface area contributed by atoms with E-state index < -0.39 is 0 Å². The Morgan fingerprint density at radius 1 is 1.37 bits per heavy atom. The maximum atomic E-state index is 11.7. The van der Waals surface area contributed by atoms with Gasteiger partial charge in [0.2, 0.25) is 5.91 Å². The third kappa shape index (κ3) is 7.21. The van der Waals surface area contributed by atoms with Crippen molar-refractivity contribution in [1.82, 2.24) is 0 Å². The van der Waals surface area contributed by atoms with Crippen molar-refractivity contribution in [3.63, 3.8) is 0 Å². The molecule has 0 aliphatic rings. The minimum atomic E-state index is 0.0574. The standard InChI is InChI=1S/C15H22BrNO2/c1-12(2)11-19-14-7-5-6-13(10-14)17-15(18)8-3-4-9-16/h5-7,10,12H,3-4,8-9,11H2,1-2H3,(H,17,18). The van der Waals surface area contributed by atoms with E-state index >= 15 is 0 Å². The fraction of sp³-hybridized carbons (Fsp3) is 0.533. The van der Waals surface area contributed by atoms with E-state index in [1.807, 2.05) is 24.3 Å². The lowest BCUT2D eigenvalue weighted by Gasteiger charge is -2.10. The molecule has 0 saturated carbocycles. The Hall–Kier alpha value is -1.03. The summed E-state index contributed by atoms with van der Waals surface area (Å²) in [6, 6.07) is 7.54. The maximum absolute atomic E-state index is 11.7. The Morgan fingerprint density at radius 3 is 2.84 bits per heavy atom. The number of alkyl halides is 1. The van der Waals surface area contributed by atoms with Crippen LogP contribution < -0.4 is 10.1 Å². The molecule has 1 N–H and O–H groups in total. The molecule has 1 rings (SSSR count). The Morgan fingerprint density at radius 2 is 2.16 bits per heavy atom. The Balaban J connectivity index is 2.45. The summed E-state index contributed by atoms with van der Waals surface area (Å²) in [5.74, 6) is 1.34. The van der Waals surface area contributed by atoms with Gasteiger partial charge in [0, 0.05) is 23.5 Å². The first-order valence-electron chi connectivity index (χ1n) is 6.70. The van der Waals surface area contributed by atoms with Crippen LogP contribution in [0.5, 0.6) is 5.75 Å². The molecule has 1 aromatic carbocycles. The van der Waals surface area contributed by atoms with Gasteiger partial charge in [-0.25, -0.2) is 0 Å². The van der Waals surface area contributed by atoms with E-state index in [-0.39, 0.29) is 5.91 Å². The second-order valence-corrected chi connectivity index (χ2v) is 5.72. The van der Waals surface area contributed by atoms with Gasteiger partial charge in [-0.2, -0.15) is 0 Å². The SMILES string of the molecule is CC(C)COc1cccc(NC(=O)CCCCBr)c1. The topological polar surface area (TPSA) is 38.3 Å². The summed E-state index contributed by atoms with van der Waals surface area (Å²) < 4.78 is 5.63. The highest BCUT2D eigenvalue weighted by Crippen LogP contribution is 2.18. The summed E-state index contributed by atoms with van der Waals surface area (Å²) in [6.45, 7) is 4.90. The first-order valence-corrected chi connectivity index (χ1v) is 7.82.